The van der Waals surface area contributed by atoms with E-state index in [1.807, 2.05) is 0 Å². The standard InChI is InChI=1S/C14H24N2O2S/c1-4-11-12(10-15-5-2)19-13(16-11)14(17-3)6-8-18-9-7-14/h15H,4-10H2,1-3H3. The highest BCUT2D eigenvalue weighted by Crippen LogP contribution is 2.38. The van der Waals surface area contributed by atoms with Crippen molar-refractivity contribution in [1.29, 1.82) is 0 Å². The molecule has 0 unspecified atom stereocenters. The Labute approximate surface area is 119 Å². The molecule has 1 fully saturated rings. The highest BCUT2D eigenvalue weighted by molar-refractivity contribution is 7.11. The van der Waals surface area contributed by atoms with Crippen LogP contribution in [-0.4, -0.2) is 31.9 Å². The van der Waals surface area contributed by atoms with E-state index in [1.165, 1.54) is 10.6 Å². The number of nitrogens with zero attached hydrogens (tertiary/aromatic N) is 1. The molecule has 108 valence electrons. The number of hydrogen-bond acceptors (Lipinski definition) is 5. The Morgan fingerprint density at radius 2 is 2.11 bits per heavy atom. The van der Waals surface area contributed by atoms with Gasteiger partial charge in [-0.3, -0.25) is 0 Å². The van der Waals surface area contributed by atoms with Crippen molar-refractivity contribution in [1.82, 2.24) is 10.3 Å². The average molecular weight is 284 g/mol. The van der Waals surface area contributed by atoms with Crippen LogP contribution in [-0.2, 0) is 28.0 Å². The molecule has 1 aliphatic rings. The number of aromatic nitrogens is 1. The van der Waals surface area contributed by atoms with Crippen molar-refractivity contribution >= 4 is 11.3 Å². The molecule has 1 saturated heterocycles. The van der Waals surface area contributed by atoms with E-state index < -0.39 is 0 Å². The molecule has 2 rings (SSSR count). The lowest BCUT2D eigenvalue weighted by atomic mass is 9.95. The highest BCUT2D eigenvalue weighted by Gasteiger charge is 2.38. The minimum atomic E-state index is -0.225. The molecule has 1 N–H and O–H groups in total. The van der Waals surface area contributed by atoms with E-state index in [9.17, 15) is 0 Å². The quantitative estimate of drug-likeness (QED) is 0.871. The fraction of sp³-hybridized carbons (Fsp3) is 0.786. The Morgan fingerprint density at radius 3 is 2.68 bits per heavy atom. The fourth-order valence-electron chi connectivity index (χ4n) is 2.44. The van der Waals surface area contributed by atoms with Crippen molar-refractivity contribution in [3.8, 4) is 0 Å². The summed E-state index contributed by atoms with van der Waals surface area (Å²) in [5, 5.41) is 4.52. The Bertz CT molecular complexity index is 400. The molecule has 1 aliphatic heterocycles. The zero-order valence-electron chi connectivity index (χ0n) is 12.1. The van der Waals surface area contributed by atoms with Gasteiger partial charge in [0.1, 0.15) is 10.6 Å². The van der Waals surface area contributed by atoms with Gasteiger partial charge in [0.2, 0.25) is 0 Å². The van der Waals surface area contributed by atoms with Gasteiger partial charge in [0.25, 0.3) is 0 Å². The molecule has 0 aliphatic carbocycles. The summed E-state index contributed by atoms with van der Waals surface area (Å²) in [5.74, 6) is 0. The summed E-state index contributed by atoms with van der Waals surface area (Å²) in [6, 6.07) is 0. The number of aryl methyl sites for hydroxylation is 1. The molecule has 0 atom stereocenters. The van der Waals surface area contributed by atoms with Gasteiger partial charge in [0.15, 0.2) is 0 Å². The van der Waals surface area contributed by atoms with E-state index in [1.54, 1.807) is 18.4 Å². The second-order valence-corrected chi connectivity index (χ2v) is 5.92. The third-order valence-electron chi connectivity index (χ3n) is 3.73. The summed E-state index contributed by atoms with van der Waals surface area (Å²) < 4.78 is 11.3. The highest BCUT2D eigenvalue weighted by atomic mass is 32.1. The molecule has 0 spiro atoms. The third kappa shape index (κ3) is 3.16. The number of methoxy groups -OCH3 is 1. The van der Waals surface area contributed by atoms with E-state index >= 15 is 0 Å². The van der Waals surface area contributed by atoms with Gasteiger partial charge < -0.3 is 14.8 Å². The van der Waals surface area contributed by atoms with Crippen molar-refractivity contribution in [2.75, 3.05) is 26.9 Å². The average Bonchev–Trinajstić information content (AvgIpc) is 2.89. The van der Waals surface area contributed by atoms with Crippen molar-refractivity contribution in [3.63, 3.8) is 0 Å². The number of nitrogens with one attached hydrogen (secondary N) is 1. The summed E-state index contributed by atoms with van der Waals surface area (Å²) in [6.07, 6.45) is 2.79. The number of rotatable bonds is 6. The first kappa shape index (κ1) is 14.9. The van der Waals surface area contributed by atoms with Gasteiger partial charge in [-0.25, -0.2) is 4.98 Å². The molecule has 0 bridgehead atoms. The first-order chi connectivity index (χ1) is 9.25. The summed E-state index contributed by atoms with van der Waals surface area (Å²) in [5.41, 5.74) is 0.987. The van der Waals surface area contributed by atoms with Crippen molar-refractivity contribution < 1.29 is 9.47 Å². The van der Waals surface area contributed by atoms with Crippen LogP contribution in [0.1, 0.15) is 42.3 Å². The molecule has 0 radical (unpaired) electrons. The van der Waals surface area contributed by atoms with E-state index in [2.05, 4.69) is 19.2 Å². The molecular weight excluding hydrogens is 260 g/mol. The van der Waals surface area contributed by atoms with Crippen LogP contribution in [0.5, 0.6) is 0 Å². The summed E-state index contributed by atoms with van der Waals surface area (Å²) in [7, 11) is 1.79. The lowest BCUT2D eigenvalue weighted by molar-refractivity contribution is -0.0948. The topological polar surface area (TPSA) is 43.4 Å². The molecule has 0 aromatic carbocycles. The second-order valence-electron chi connectivity index (χ2n) is 4.83. The summed E-state index contributed by atoms with van der Waals surface area (Å²) in [4.78, 5) is 6.20. The molecule has 1 aromatic heterocycles. The minimum Gasteiger partial charge on any atom is -0.381 e. The molecule has 2 heterocycles. The molecule has 5 heteroatoms. The zero-order chi connectivity index (χ0) is 13.7. The Morgan fingerprint density at radius 1 is 1.37 bits per heavy atom. The SMILES string of the molecule is CCNCc1sc(C2(OC)CCOCC2)nc1CC. The van der Waals surface area contributed by atoms with Gasteiger partial charge in [-0.1, -0.05) is 13.8 Å². The largest absolute Gasteiger partial charge is 0.381 e. The van der Waals surface area contributed by atoms with E-state index in [0.29, 0.717) is 0 Å². The molecular formula is C14H24N2O2S. The lowest BCUT2D eigenvalue weighted by Crippen LogP contribution is -2.35. The Kier molecular flexibility index (Phi) is 5.33. The first-order valence-corrected chi connectivity index (χ1v) is 7.90. The van der Waals surface area contributed by atoms with E-state index in [0.717, 1.165) is 50.6 Å². The van der Waals surface area contributed by atoms with Gasteiger partial charge in [0, 0.05) is 44.6 Å². The van der Waals surface area contributed by atoms with E-state index in [4.69, 9.17) is 14.5 Å². The monoisotopic (exact) mass is 284 g/mol. The van der Waals surface area contributed by atoms with Crippen molar-refractivity contribution in [3.05, 3.63) is 15.6 Å². The van der Waals surface area contributed by atoms with Crippen LogP contribution in [0, 0.1) is 0 Å². The van der Waals surface area contributed by atoms with Gasteiger partial charge in [-0.15, -0.1) is 11.3 Å². The van der Waals surface area contributed by atoms with E-state index in [-0.39, 0.29) is 5.60 Å². The van der Waals surface area contributed by atoms with Crippen LogP contribution in [0.3, 0.4) is 0 Å². The molecule has 4 nitrogen and oxygen atoms in total. The normalized spacial score (nSPS) is 18.7. The smallest absolute Gasteiger partial charge is 0.125 e. The second kappa shape index (κ2) is 6.79. The van der Waals surface area contributed by atoms with Gasteiger partial charge in [0.05, 0.1) is 5.69 Å². The predicted molar refractivity (Wildman–Crippen MR) is 77.6 cm³/mol. The predicted octanol–water partition coefficient (Wildman–Crippen LogP) is 2.47. The maximum Gasteiger partial charge on any atom is 0.125 e. The molecule has 1 aromatic rings. The van der Waals surface area contributed by atoms with Crippen LogP contribution < -0.4 is 5.32 Å². The number of hydrogen-bond donors (Lipinski definition) is 1. The Hall–Kier alpha value is -0.490. The Balaban J connectivity index is 2.25. The van der Waals surface area contributed by atoms with Crippen molar-refractivity contribution in [2.45, 2.75) is 45.3 Å². The molecule has 0 amide bonds. The number of ether oxygens (including phenoxy) is 2. The van der Waals surface area contributed by atoms with Gasteiger partial charge >= 0.3 is 0 Å². The van der Waals surface area contributed by atoms with Gasteiger partial charge in [-0.2, -0.15) is 0 Å². The molecule has 0 saturated carbocycles. The molecule has 19 heavy (non-hydrogen) atoms. The third-order valence-corrected chi connectivity index (χ3v) is 5.01. The maximum absolute atomic E-state index is 5.83. The lowest BCUT2D eigenvalue weighted by Gasteiger charge is -2.33. The van der Waals surface area contributed by atoms with Crippen LogP contribution in [0.25, 0.3) is 0 Å². The van der Waals surface area contributed by atoms with Crippen LogP contribution in [0.2, 0.25) is 0 Å². The van der Waals surface area contributed by atoms with Crippen LogP contribution in [0.15, 0.2) is 0 Å². The maximum atomic E-state index is 5.83. The summed E-state index contributed by atoms with van der Waals surface area (Å²) >= 11 is 1.80. The van der Waals surface area contributed by atoms with Crippen LogP contribution >= 0.6 is 11.3 Å². The van der Waals surface area contributed by atoms with Crippen LogP contribution in [0.4, 0.5) is 0 Å². The summed E-state index contributed by atoms with van der Waals surface area (Å²) in [6.45, 7) is 7.71. The fourth-order valence-corrected chi connectivity index (χ4v) is 3.78. The minimum absolute atomic E-state index is 0.225. The van der Waals surface area contributed by atoms with Gasteiger partial charge in [-0.05, 0) is 13.0 Å². The van der Waals surface area contributed by atoms with Crippen molar-refractivity contribution in [2.24, 2.45) is 0 Å². The zero-order valence-corrected chi connectivity index (χ0v) is 12.9. The first-order valence-electron chi connectivity index (χ1n) is 7.08. The number of thiazole rings is 1.